The first-order chi connectivity index (χ1) is 19.1. The number of hydrogen-bond acceptors (Lipinski definition) is 8. The topological polar surface area (TPSA) is 116 Å². The number of fused-ring (bicyclic) bond motifs is 1. The van der Waals surface area contributed by atoms with Crippen molar-refractivity contribution in [1.82, 2.24) is 5.32 Å². The van der Waals surface area contributed by atoms with E-state index in [1.54, 1.807) is 24.3 Å². The third kappa shape index (κ3) is 7.54. The number of carbonyl (C=O) groups excluding carboxylic acids is 1. The van der Waals surface area contributed by atoms with Gasteiger partial charge in [-0.25, -0.2) is 0 Å². The van der Waals surface area contributed by atoms with E-state index in [1.165, 1.54) is 6.26 Å². The maximum Gasteiger partial charge on any atom is 0.286 e. The number of para-hydroxylation sites is 1. The van der Waals surface area contributed by atoms with Crippen LogP contribution in [0.15, 0.2) is 81.9 Å². The van der Waals surface area contributed by atoms with Crippen LogP contribution in [0.5, 0.6) is 0 Å². The van der Waals surface area contributed by atoms with E-state index >= 15 is 0 Å². The molecule has 2 N–H and O–H groups in total. The molecule has 3 atom stereocenters. The molecule has 2 aromatic carbocycles. The monoisotopic (exact) mass is 537 g/mol. The van der Waals surface area contributed by atoms with Crippen LogP contribution >= 0.6 is 0 Å². The fourth-order valence-electron chi connectivity index (χ4n) is 4.59. The number of amides is 1. The van der Waals surface area contributed by atoms with Gasteiger partial charge in [-0.05, 0) is 37.1 Å². The van der Waals surface area contributed by atoms with E-state index in [1.807, 2.05) is 43.3 Å². The van der Waals surface area contributed by atoms with Gasteiger partial charge >= 0.3 is 0 Å². The molecule has 1 amide bonds. The Morgan fingerprint density at radius 1 is 1.00 bits per heavy atom. The number of allylic oxidation sites excluding steroid dienone is 1. The lowest BCUT2D eigenvalue weighted by Gasteiger charge is -2.36. The largest absolute Gasteiger partial charge is 0.464 e. The minimum absolute atomic E-state index is 0.0426. The van der Waals surface area contributed by atoms with Crippen LogP contribution in [0.4, 0.5) is 0 Å². The van der Waals surface area contributed by atoms with Crippen molar-refractivity contribution in [3.63, 3.8) is 0 Å². The molecule has 39 heavy (non-hydrogen) atoms. The van der Waals surface area contributed by atoms with Gasteiger partial charge in [-0.2, -0.15) is 0 Å². The van der Waals surface area contributed by atoms with Crippen molar-refractivity contribution < 1.29 is 33.3 Å². The van der Waals surface area contributed by atoms with Gasteiger partial charge < -0.3 is 33.8 Å². The second-order valence-corrected chi connectivity index (χ2v) is 9.08. The van der Waals surface area contributed by atoms with Gasteiger partial charge in [-0.1, -0.05) is 42.5 Å². The van der Waals surface area contributed by atoms with E-state index in [2.05, 4.69) is 5.32 Å². The molecule has 1 aliphatic heterocycles. The fourth-order valence-corrected chi connectivity index (χ4v) is 4.59. The zero-order chi connectivity index (χ0) is 27.5. The molecular weight excluding hydrogens is 502 g/mol. The summed E-state index contributed by atoms with van der Waals surface area (Å²) in [5, 5.41) is 12.2. The lowest BCUT2D eigenvalue weighted by molar-refractivity contribution is -0.168. The summed E-state index contributed by atoms with van der Waals surface area (Å²) in [7, 11) is 0. The summed E-state index contributed by atoms with van der Waals surface area (Å²) in [5.74, 6) is -1.13. The molecule has 0 saturated heterocycles. The van der Waals surface area contributed by atoms with Crippen molar-refractivity contribution in [2.45, 2.75) is 32.1 Å². The molecule has 1 aliphatic rings. The Labute approximate surface area is 227 Å². The number of benzene rings is 2. The zero-order valence-corrected chi connectivity index (χ0v) is 22.0. The van der Waals surface area contributed by atoms with Crippen molar-refractivity contribution >= 4 is 16.9 Å². The summed E-state index contributed by atoms with van der Waals surface area (Å²) in [4.78, 5) is 26.7. The van der Waals surface area contributed by atoms with Crippen molar-refractivity contribution in [3.05, 3.63) is 94.0 Å². The standard InChI is InChI=1S/C30H35NO8/c1-2-37-30-22(12-14-35-16-17-36-15-13-32)24(25-20-38-26-11-7-6-10-23(26)28(25)33)18-27(39-30)29(34)31-19-21-8-4-3-5-9-21/h3-11,18,20,22,24,30,32H,2,12-17,19H2,1H3,(H,31,34)/t22-,24-,30+/m0/s1. The quantitative estimate of drug-likeness (QED) is 0.300. The Balaban J connectivity index is 1.60. The molecule has 0 fully saturated rings. The lowest BCUT2D eigenvalue weighted by atomic mass is 9.81. The Kier molecular flexibility index (Phi) is 10.7. The maximum absolute atomic E-state index is 13.6. The molecule has 0 bridgehead atoms. The van der Waals surface area contributed by atoms with Crippen LogP contribution in [0.25, 0.3) is 11.0 Å². The number of aliphatic hydroxyl groups is 1. The molecule has 0 spiro atoms. The van der Waals surface area contributed by atoms with Gasteiger partial charge in [0.2, 0.25) is 6.29 Å². The number of rotatable bonds is 14. The first-order valence-corrected chi connectivity index (χ1v) is 13.2. The highest BCUT2D eigenvalue weighted by molar-refractivity contribution is 5.91. The molecule has 0 unspecified atom stereocenters. The Morgan fingerprint density at radius 2 is 1.74 bits per heavy atom. The van der Waals surface area contributed by atoms with Crippen molar-refractivity contribution in [3.8, 4) is 0 Å². The minimum atomic E-state index is -0.775. The van der Waals surface area contributed by atoms with Crippen LogP contribution in [-0.2, 0) is 30.3 Å². The lowest BCUT2D eigenvalue weighted by Crippen LogP contribution is -2.40. The predicted octanol–water partition coefficient (Wildman–Crippen LogP) is 3.50. The first kappa shape index (κ1) is 28.5. The van der Waals surface area contributed by atoms with Crippen LogP contribution in [0.3, 0.4) is 0 Å². The SMILES string of the molecule is CCO[C@@H]1OC(C(=O)NCc2ccccc2)=C[C@H](c2coc3ccccc3c2=O)[C@@H]1CCOCCOCCO. The molecule has 2 heterocycles. The minimum Gasteiger partial charge on any atom is -0.464 e. The van der Waals surface area contributed by atoms with Gasteiger partial charge in [-0.3, -0.25) is 9.59 Å². The summed E-state index contributed by atoms with van der Waals surface area (Å²) >= 11 is 0. The van der Waals surface area contributed by atoms with Crippen molar-refractivity contribution in [1.29, 1.82) is 0 Å². The van der Waals surface area contributed by atoms with Crippen LogP contribution in [-0.4, -0.2) is 56.9 Å². The average Bonchev–Trinajstić information content (AvgIpc) is 2.97. The van der Waals surface area contributed by atoms with Crippen molar-refractivity contribution in [2.75, 3.05) is 39.6 Å². The summed E-state index contributed by atoms with van der Waals surface area (Å²) in [6.45, 7) is 3.83. The van der Waals surface area contributed by atoms with Crippen molar-refractivity contribution in [2.24, 2.45) is 5.92 Å². The van der Waals surface area contributed by atoms with Gasteiger partial charge in [0.05, 0.1) is 38.1 Å². The normalized spacial score (nSPS) is 18.9. The highest BCUT2D eigenvalue weighted by Gasteiger charge is 2.39. The van der Waals surface area contributed by atoms with Gasteiger partial charge in [-0.15, -0.1) is 0 Å². The van der Waals surface area contributed by atoms with Crippen LogP contribution in [0, 0.1) is 5.92 Å². The zero-order valence-electron chi connectivity index (χ0n) is 22.0. The van der Waals surface area contributed by atoms with E-state index in [0.29, 0.717) is 55.9 Å². The Morgan fingerprint density at radius 3 is 2.51 bits per heavy atom. The molecule has 9 nitrogen and oxygen atoms in total. The summed E-state index contributed by atoms with van der Waals surface area (Å²) < 4.78 is 28.8. The van der Waals surface area contributed by atoms with Crippen LogP contribution in [0.1, 0.15) is 30.4 Å². The van der Waals surface area contributed by atoms with Gasteiger partial charge in [0.1, 0.15) is 5.58 Å². The number of nitrogens with one attached hydrogen (secondary N) is 1. The van der Waals surface area contributed by atoms with E-state index in [0.717, 1.165) is 5.56 Å². The molecule has 0 radical (unpaired) electrons. The highest BCUT2D eigenvalue weighted by atomic mass is 16.7. The third-order valence-corrected chi connectivity index (χ3v) is 6.50. The molecule has 9 heteroatoms. The Hall–Kier alpha value is -3.50. The number of aliphatic hydroxyl groups excluding tert-OH is 1. The molecule has 208 valence electrons. The maximum atomic E-state index is 13.6. The summed E-state index contributed by atoms with van der Waals surface area (Å²) in [5.41, 5.74) is 1.70. The first-order valence-electron chi connectivity index (χ1n) is 13.2. The molecule has 3 aromatic rings. The summed E-state index contributed by atoms with van der Waals surface area (Å²) in [6, 6.07) is 16.6. The van der Waals surface area contributed by atoms with E-state index in [9.17, 15) is 9.59 Å². The van der Waals surface area contributed by atoms with Gasteiger partial charge in [0.15, 0.2) is 11.2 Å². The van der Waals surface area contributed by atoms with Crippen LogP contribution < -0.4 is 10.7 Å². The number of ether oxygens (including phenoxy) is 4. The predicted molar refractivity (Wildman–Crippen MR) is 145 cm³/mol. The highest BCUT2D eigenvalue weighted by Crippen LogP contribution is 2.38. The van der Waals surface area contributed by atoms with Crippen LogP contribution in [0.2, 0.25) is 0 Å². The smallest absolute Gasteiger partial charge is 0.286 e. The fraction of sp³-hybridized carbons (Fsp3) is 0.400. The molecule has 0 aliphatic carbocycles. The molecule has 0 saturated carbocycles. The average molecular weight is 538 g/mol. The second-order valence-electron chi connectivity index (χ2n) is 9.08. The molecule has 4 rings (SSSR count). The molecule has 1 aromatic heterocycles. The van der Waals surface area contributed by atoms with E-state index in [-0.39, 0.29) is 30.3 Å². The van der Waals surface area contributed by atoms with Gasteiger partial charge in [0.25, 0.3) is 5.91 Å². The van der Waals surface area contributed by atoms with Gasteiger partial charge in [0, 0.05) is 37.2 Å². The number of carbonyl (C=O) groups is 1. The second kappa shape index (κ2) is 14.6. The van der Waals surface area contributed by atoms with E-state index < -0.39 is 18.1 Å². The molecular formula is C30H35NO8. The number of hydrogen-bond donors (Lipinski definition) is 2. The third-order valence-electron chi connectivity index (χ3n) is 6.50. The summed E-state index contributed by atoms with van der Waals surface area (Å²) in [6.07, 6.45) is 2.88. The van der Waals surface area contributed by atoms with E-state index in [4.69, 9.17) is 28.5 Å². The Bertz CT molecular complexity index is 1290.